The summed E-state index contributed by atoms with van der Waals surface area (Å²) < 4.78 is -0.0967. The lowest BCUT2D eigenvalue weighted by atomic mass is 10.4. The fourth-order valence-corrected chi connectivity index (χ4v) is 0.816. The van der Waals surface area contributed by atoms with Crippen molar-refractivity contribution in [2.24, 2.45) is 0 Å². The van der Waals surface area contributed by atoms with E-state index < -0.39 is 0 Å². The van der Waals surface area contributed by atoms with Crippen molar-refractivity contribution in [2.75, 3.05) is 19.6 Å². The molecule has 0 saturated carbocycles. The molecule has 1 unspecified atom stereocenters. The molecule has 0 bridgehead atoms. The molecule has 72 valence electrons. The molecule has 0 aromatic heterocycles. The first-order valence-electron chi connectivity index (χ1n) is 3.67. The van der Waals surface area contributed by atoms with E-state index >= 15 is 0 Å². The minimum atomic E-state index is -0.0967. The SMILES string of the molecule is C=CC[N+](O)(CC)CC=CO.[Cl-]. The van der Waals surface area contributed by atoms with E-state index in [-0.39, 0.29) is 17.1 Å². The first kappa shape index (κ1) is 14.0. The average Bonchev–Trinajstić information content (AvgIpc) is 2.02. The van der Waals surface area contributed by atoms with Crippen LogP contribution < -0.4 is 12.4 Å². The van der Waals surface area contributed by atoms with Gasteiger partial charge in [0.1, 0.15) is 19.6 Å². The van der Waals surface area contributed by atoms with Crippen LogP contribution >= 0.6 is 0 Å². The standard InChI is InChI=1S/C8H15NO2.ClH/c1-3-6-9(11,4-2)7-5-8-10;/h3,5,8,11H,1,4,6-7H2,2H3;1H. The summed E-state index contributed by atoms with van der Waals surface area (Å²) in [7, 11) is 0. The summed E-state index contributed by atoms with van der Waals surface area (Å²) in [6.45, 7) is 6.95. The Balaban J connectivity index is 0. The fourth-order valence-electron chi connectivity index (χ4n) is 0.816. The highest BCUT2D eigenvalue weighted by molar-refractivity contribution is 4.72. The van der Waals surface area contributed by atoms with E-state index in [1.807, 2.05) is 6.92 Å². The smallest absolute Gasteiger partial charge is 0.131 e. The van der Waals surface area contributed by atoms with Crippen molar-refractivity contribution in [1.29, 1.82) is 0 Å². The van der Waals surface area contributed by atoms with E-state index in [4.69, 9.17) is 5.11 Å². The fraction of sp³-hybridized carbons (Fsp3) is 0.500. The predicted octanol–water partition coefficient (Wildman–Crippen LogP) is -1.53. The third-order valence-electron chi connectivity index (χ3n) is 1.61. The third-order valence-corrected chi connectivity index (χ3v) is 1.61. The number of nitrogens with zero attached hydrogens (tertiary/aromatic N) is 1. The summed E-state index contributed by atoms with van der Waals surface area (Å²) in [5.74, 6) is 0. The molecule has 0 saturated heterocycles. The molecular weight excluding hydrogens is 178 g/mol. The molecule has 0 aliphatic rings. The summed E-state index contributed by atoms with van der Waals surface area (Å²) in [4.78, 5) is 0. The number of rotatable bonds is 5. The van der Waals surface area contributed by atoms with Crippen molar-refractivity contribution in [1.82, 2.24) is 0 Å². The number of halogens is 1. The molecule has 0 aliphatic heterocycles. The molecule has 0 spiro atoms. The molecule has 3 nitrogen and oxygen atoms in total. The molecule has 1 atom stereocenters. The van der Waals surface area contributed by atoms with Crippen molar-refractivity contribution in [3.63, 3.8) is 0 Å². The Morgan fingerprint density at radius 1 is 1.42 bits per heavy atom. The molecule has 0 aromatic rings. The number of hydrogen-bond acceptors (Lipinski definition) is 2. The van der Waals surface area contributed by atoms with Gasteiger partial charge in [-0.25, -0.2) is 5.21 Å². The molecule has 0 amide bonds. The van der Waals surface area contributed by atoms with E-state index in [1.165, 1.54) is 6.08 Å². The van der Waals surface area contributed by atoms with Crippen LogP contribution in [-0.2, 0) is 0 Å². The Labute approximate surface area is 79.6 Å². The largest absolute Gasteiger partial charge is 1.00 e. The number of quaternary nitrogens is 1. The van der Waals surface area contributed by atoms with Crippen molar-refractivity contribution in [2.45, 2.75) is 6.92 Å². The summed E-state index contributed by atoms with van der Waals surface area (Å²) in [5.41, 5.74) is 0. The quantitative estimate of drug-likeness (QED) is 0.241. The highest BCUT2D eigenvalue weighted by atomic mass is 35.5. The van der Waals surface area contributed by atoms with Crippen LogP contribution in [0.4, 0.5) is 0 Å². The molecule has 0 rings (SSSR count). The maximum Gasteiger partial charge on any atom is 0.131 e. The predicted molar refractivity (Wildman–Crippen MR) is 44.3 cm³/mol. The minimum absolute atomic E-state index is 0. The number of hydroxylamine groups is 3. The lowest BCUT2D eigenvalue weighted by Crippen LogP contribution is -3.00. The first-order chi connectivity index (χ1) is 5.18. The third kappa shape index (κ3) is 5.18. The maximum absolute atomic E-state index is 9.66. The van der Waals surface area contributed by atoms with Gasteiger partial charge >= 0.3 is 0 Å². The number of hydrogen-bond donors (Lipinski definition) is 2. The molecule has 0 aromatic carbocycles. The normalized spacial score (nSPS) is 15.2. The van der Waals surface area contributed by atoms with Crippen LogP contribution in [0.5, 0.6) is 0 Å². The van der Waals surface area contributed by atoms with Crippen molar-refractivity contribution >= 4 is 0 Å². The molecular formula is C8H16ClNO2. The minimum Gasteiger partial charge on any atom is -1.00 e. The van der Waals surface area contributed by atoms with E-state index in [2.05, 4.69) is 6.58 Å². The topological polar surface area (TPSA) is 40.5 Å². The second-order valence-electron chi connectivity index (χ2n) is 2.45. The molecule has 2 N–H and O–H groups in total. The van der Waals surface area contributed by atoms with E-state index in [9.17, 15) is 5.21 Å². The molecule has 0 fully saturated rings. The van der Waals surface area contributed by atoms with Crippen LogP contribution in [0.15, 0.2) is 25.0 Å². The van der Waals surface area contributed by atoms with Crippen LogP contribution in [0.1, 0.15) is 6.92 Å². The summed E-state index contributed by atoms with van der Waals surface area (Å²) in [5, 5.41) is 18.0. The van der Waals surface area contributed by atoms with Crippen LogP contribution in [0, 0.1) is 0 Å². The van der Waals surface area contributed by atoms with Crippen molar-refractivity contribution < 1.29 is 27.4 Å². The van der Waals surface area contributed by atoms with E-state index in [1.54, 1.807) is 6.08 Å². The molecule has 0 aliphatic carbocycles. The van der Waals surface area contributed by atoms with Crippen molar-refractivity contribution in [3.05, 3.63) is 25.0 Å². The Kier molecular flexibility index (Phi) is 8.37. The zero-order chi connectivity index (χ0) is 8.74. The van der Waals surface area contributed by atoms with Crippen LogP contribution in [0.3, 0.4) is 0 Å². The van der Waals surface area contributed by atoms with Crippen LogP contribution in [-0.4, -0.2) is 34.6 Å². The molecule has 4 heteroatoms. The first-order valence-corrected chi connectivity index (χ1v) is 3.67. The van der Waals surface area contributed by atoms with Gasteiger partial charge in [0, 0.05) is 6.08 Å². The lowest BCUT2D eigenvalue weighted by Gasteiger charge is -2.25. The van der Waals surface area contributed by atoms with Crippen molar-refractivity contribution in [3.8, 4) is 0 Å². The summed E-state index contributed by atoms with van der Waals surface area (Å²) in [6, 6.07) is 0. The van der Waals surface area contributed by atoms with Crippen LogP contribution in [0.25, 0.3) is 0 Å². The summed E-state index contributed by atoms with van der Waals surface area (Å²) in [6.07, 6.45) is 4.13. The Morgan fingerprint density at radius 3 is 2.33 bits per heavy atom. The van der Waals surface area contributed by atoms with Gasteiger partial charge in [0.15, 0.2) is 0 Å². The second kappa shape index (κ2) is 7.16. The Bertz CT molecular complexity index is 150. The van der Waals surface area contributed by atoms with Gasteiger partial charge in [-0.3, -0.25) is 0 Å². The Morgan fingerprint density at radius 2 is 2.00 bits per heavy atom. The van der Waals surface area contributed by atoms with Gasteiger partial charge in [-0.1, -0.05) is 6.58 Å². The highest BCUT2D eigenvalue weighted by Gasteiger charge is 2.18. The van der Waals surface area contributed by atoms with E-state index in [0.717, 1.165) is 6.26 Å². The highest BCUT2D eigenvalue weighted by Crippen LogP contribution is 2.00. The van der Waals surface area contributed by atoms with Gasteiger partial charge < -0.3 is 17.5 Å². The number of aliphatic hydroxyl groups excluding tert-OH is 1. The molecule has 12 heavy (non-hydrogen) atoms. The van der Waals surface area contributed by atoms with Gasteiger partial charge in [0.25, 0.3) is 0 Å². The monoisotopic (exact) mass is 193 g/mol. The van der Waals surface area contributed by atoms with Gasteiger partial charge in [0.05, 0.1) is 6.26 Å². The number of likely N-dealkylation sites (N-methyl/N-ethyl adjacent to an activating group) is 1. The zero-order valence-electron chi connectivity index (χ0n) is 7.28. The van der Waals surface area contributed by atoms with Gasteiger partial charge in [-0.15, -0.1) is 0 Å². The maximum atomic E-state index is 9.66. The summed E-state index contributed by atoms with van der Waals surface area (Å²) >= 11 is 0. The molecule has 0 radical (unpaired) electrons. The van der Waals surface area contributed by atoms with Gasteiger partial charge in [0.2, 0.25) is 0 Å². The number of aliphatic hydroxyl groups is 1. The van der Waals surface area contributed by atoms with E-state index in [0.29, 0.717) is 19.6 Å². The average molecular weight is 194 g/mol. The van der Waals surface area contributed by atoms with Gasteiger partial charge in [-0.05, 0) is 13.0 Å². The second-order valence-corrected chi connectivity index (χ2v) is 2.45. The van der Waals surface area contributed by atoms with Gasteiger partial charge in [-0.2, -0.15) is 4.65 Å². The zero-order valence-corrected chi connectivity index (χ0v) is 8.04. The van der Waals surface area contributed by atoms with Crippen LogP contribution in [0.2, 0.25) is 0 Å². The molecule has 0 heterocycles. The Hall–Kier alpha value is -0.510. The lowest BCUT2D eigenvalue weighted by molar-refractivity contribution is -1.09.